The first-order chi connectivity index (χ1) is 8.07. The maximum atomic E-state index is 10.8. The van der Waals surface area contributed by atoms with Crippen molar-refractivity contribution in [3.63, 3.8) is 0 Å². The Morgan fingerprint density at radius 3 is 2.76 bits per heavy atom. The number of nitro groups is 1. The number of aromatic nitrogens is 2. The van der Waals surface area contributed by atoms with E-state index in [0.29, 0.717) is 6.54 Å². The number of rotatable bonds is 7. The molecule has 0 atom stereocenters. The number of aromatic carboxylic acids is 1. The molecule has 0 aliphatic rings. The zero-order valence-corrected chi connectivity index (χ0v) is 9.63. The molecular formula is C10H15N3O4. The third kappa shape index (κ3) is 3.27. The Balaban J connectivity index is 2.78. The summed E-state index contributed by atoms with van der Waals surface area (Å²) >= 11 is 0. The Labute approximate surface area is 98.2 Å². The molecule has 0 saturated heterocycles. The molecule has 0 spiro atoms. The molecule has 0 amide bonds. The molecule has 0 bridgehead atoms. The lowest BCUT2D eigenvalue weighted by Gasteiger charge is -2.01. The van der Waals surface area contributed by atoms with Crippen molar-refractivity contribution in [1.82, 2.24) is 9.55 Å². The van der Waals surface area contributed by atoms with Crippen LogP contribution >= 0.6 is 0 Å². The second-order valence-corrected chi connectivity index (χ2v) is 3.73. The van der Waals surface area contributed by atoms with Crippen LogP contribution in [0.2, 0.25) is 0 Å². The lowest BCUT2D eigenvalue weighted by atomic mass is 10.2. The molecule has 0 radical (unpaired) electrons. The number of nitrogens with zero attached hydrogens (tertiary/aromatic N) is 3. The fourth-order valence-corrected chi connectivity index (χ4v) is 1.59. The Bertz CT molecular complexity index is 414. The highest BCUT2D eigenvalue weighted by molar-refractivity contribution is 5.89. The van der Waals surface area contributed by atoms with Crippen molar-refractivity contribution in [2.45, 2.75) is 39.2 Å². The van der Waals surface area contributed by atoms with Crippen LogP contribution in [-0.2, 0) is 6.54 Å². The molecule has 0 aromatic carbocycles. The summed E-state index contributed by atoms with van der Waals surface area (Å²) < 4.78 is 1.29. The topological polar surface area (TPSA) is 98.3 Å². The number of carboxylic acid groups (broad SMARTS) is 1. The van der Waals surface area contributed by atoms with Gasteiger partial charge in [-0.05, 0) is 17.8 Å². The van der Waals surface area contributed by atoms with Gasteiger partial charge in [0.2, 0.25) is 5.69 Å². The third-order valence-electron chi connectivity index (χ3n) is 2.44. The maximum absolute atomic E-state index is 10.8. The quantitative estimate of drug-likeness (QED) is 0.447. The van der Waals surface area contributed by atoms with E-state index >= 15 is 0 Å². The predicted molar refractivity (Wildman–Crippen MR) is 60.0 cm³/mol. The van der Waals surface area contributed by atoms with Crippen LogP contribution in [0.4, 0.5) is 5.82 Å². The van der Waals surface area contributed by atoms with E-state index in [0.717, 1.165) is 25.7 Å². The number of carbonyl (C=O) groups is 1. The van der Waals surface area contributed by atoms with Gasteiger partial charge in [0.05, 0.1) is 6.54 Å². The molecule has 1 heterocycles. The first-order valence-corrected chi connectivity index (χ1v) is 5.50. The molecule has 17 heavy (non-hydrogen) atoms. The average Bonchev–Trinajstić information content (AvgIpc) is 2.68. The van der Waals surface area contributed by atoms with Crippen molar-refractivity contribution in [3.8, 4) is 0 Å². The summed E-state index contributed by atoms with van der Waals surface area (Å²) in [5.74, 6) is -1.81. The van der Waals surface area contributed by atoms with Crippen LogP contribution in [0.3, 0.4) is 0 Å². The molecule has 0 saturated carbocycles. The van der Waals surface area contributed by atoms with E-state index in [-0.39, 0.29) is 0 Å². The van der Waals surface area contributed by atoms with Gasteiger partial charge in [-0.15, -0.1) is 0 Å². The van der Waals surface area contributed by atoms with Crippen LogP contribution in [0.25, 0.3) is 0 Å². The van der Waals surface area contributed by atoms with Crippen LogP contribution < -0.4 is 0 Å². The van der Waals surface area contributed by atoms with Crippen molar-refractivity contribution in [2.75, 3.05) is 0 Å². The van der Waals surface area contributed by atoms with E-state index in [4.69, 9.17) is 5.11 Å². The summed E-state index contributed by atoms with van der Waals surface area (Å²) in [6.45, 7) is 2.50. The maximum Gasteiger partial charge on any atom is 0.363 e. The minimum absolute atomic E-state index is 0.427. The molecule has 0 fully saturated rings. The molecule has 7 nitrogen and oxygen atoms in total. The summed E-state index contributed by atoms with van der Waals surface area (Å²) in [6, 6.07) is 0. The van der Waals surface area contributed by atoms with Gasteiger partial charge in [-0.3, -0.25) is 0 Å². The van der Waals surface area contributed by atoms with E-state index in [1.165, 1.54) is 10.9 Å². The highest BCUT2D eigenvalue weighted by atomic mass is 16.6. The van der Waals surface area contributed by atoms with Gasteiger partial charge in [0.15, 0.2) is 6.33 Å². The first kappa shape index (κ1) is 13.1. The molecule has 0 aliphatic carbocycles. The normalized spacial score (nSPS) is 10.4. The van der Waals surface area contributed by atoms with Crippen molar-refractivity contribution >= 4 is 11.8 Å². The molecule has 1 aromatic heterocycles. The smallest absolute Gasteiger partial charge is 0.363 e. The summed E-state index contributed by atoms with van der Waals surface area (Å²) in [4.78, 5) is 24.4. The van der Waals surface area contributed by atoms with Gasteiger partial charge < -0.3 is 15.2 Å². The minimum Gasteiger partial charge on any atom is -0.476 e. The fourth-order valence-electron chi connectivity index (χ4n) is 1.59. The molecule has 1 N–H and O–H groups in total. The molecular weight excluding hydrogens is 226 g/mol. The second kappa shape index (κ2) is 5.97. The van der Waals surface area contributed by atoms with Gasteiger partial charge in [-0.1, -0.05) is 19.8 Å². The van der Waals surface area contributed by atoms with E-state index < -0.39 is 22.4 Å². The van der Waals surface area contributed by atoms with Gasteiger partial charge in [0.25, 0.3) is 0 Å². The van der Waals surface area contributed by atoms with E-state index in [9.17, 15) is 14.9 Å². The minimum atomic E-state index is -1.37. The predicted octanol–water partition coefficient (Wildman–Crippen LogP) is 2.07. The highest BCUT2D eigenvalue weighted by Crippen LogP contribution is 2.18. The third-order valence-corrected chi connectivity index (χ3v) is 2.44. The zero-order chi connectivity index (χ0) is 12.8. The van der Waals surface area contributed by atoms with E-state index in [1.54, 1.807) is 0 Å². The Morgan fingerprint density at radius 1 is 1.53 bits per heavy atom. The van der Waals surface area contributed by atoms with Crippen LogP contribution in [-0.4, -0.2) is 25.6 Å². The van der Waals surface area contributed by atoms with Gasteiger partial charge >= 0.3 is 11.8 Å². The van der Waals surface area contributed by atoms with Crippen molar-refractivity contribution in [2.24, 2.45) is 0 Å². The van der Waals surface area contributed by atoms with Crippen molar-refractivity contribution < 1.29 is 14.8 Å². The first-order valence-electron chi connectivity index (χ1n) is 5.50. The lowest BCUT2D eigenvalue weighted by molar-refractivity contribution is -0.392. The zero-order valence-electron chi connectivity index (χ0n) is 9.63. The Morgan fingerprint density at radius 2 is 2.24 bits per heavy atom. The van der Waals surface area contributed by atoms with Gasteiger partial charge in [0.1, 0.15) is 0 Å². The molecule has 7 heteroatoms. The van der Waals surface area contributed by atoms with Crippen molar-refractivity contribution in [1.29, 1.82) is 0 Å². The Hall–Kier alpha value is -1.92. The summed E-state index contributed by atoms with van der Waals surface area (Å²) in [6.07, 6.45) is 5.10. The van der Waals surface area contributed by atoms with E-state index in [1.807, 2.05) is 0 Å². The molecule has 0 aliphatic heterocycles. The number of imidazole rings is 1. The van der Waals surface area contributed by atoms with Gasteiger partial charge in [-0.2, -0.15) is 0 Å². The Kier molecular flexibility index (Phi) is 4.62. The summed E-state index contributed by atoms with van der Waals surface area (Å²) in [5, 5.41) is 19.5. The van der Waals surface area contributed by atoms with Gasteiger partial charge in [0, 0.05) is 0 Å². The van der Waals surface area contributed by atoms with Crippen LogP contribution in [0.1, 0.15) is 43.1 Å². The number of unbranched alkanes of at least 4 members (excludes halogenated alkanes) is 3. The lowest BCUT2D eigenvalue weighted by Crippen LogP contribution is -2.07. The SMILES string of the molecule is CCCCCCn1cnc(C(=O)O)c1[N+](=O)[O-]. The molecule has 1 rings (SSSR count). The number of hydrogen-bond donors (Lipinski definition) is 1. The second-order valence-electron chi connectivity index (χ2n) is 3.73. The fraction of sp³-hybridized carbons (Fsp3) is 0.600. The monoisotopic (exact) mass is 241 g/mol. The van der Waals surface area contributed by atoms with Crippen LogP contribution in [0, 0.1) is 10.1 Å². The molecule has 94 valence electrons. The molecule has 1 aromatic rings. The van der Waals surface area contributed by atoms with Crippen LogP contribution in [0.5, 0.6) is 0 Å². The van der Waals surface area contributed by atoms with Gasteiger partial charge in [-0.25, -0.2) is 14.3 Å². The summed E-state index contributed by atoms with van der Waals surface area (Å²) in [7, 11) is 0. The summed E-state index contributed by atoms with van der Waals surface area (Å²) in [5.41, 5.74) is -0.495. The standard InChI is InChI=1S/C10H15N3O4/c1-2-3-4-5-6-12-7-11-8(10(14)15)9(12)13(16)17/h7H,2-6H2,1H3,(H,14,15). The highest BCUT2D eigenvalue weighted by Gasteiger charge is 2.26. The number of aryl methyl sites for hydroxylation is 1. The largest absolute Gasteiger partial charge is 0.476 e. The van der Waals surface area contributed by atoms with Crippen molar-refractivity contribution in [3.05, 3.63) is 22.1 Å². The van der Waals surface area contributed by atoms with E-state index in [2.05, 4.69) is 11.9 Å². The number of hydrogen-bond acceptors (Lipinski definition) is 4. The van der Waals surface area contributed by atoms with Crippen LogP contribution in [0.15, 0.2) is 6.33 Å². The average molecular weight is 241 g/mol. The number of carboxylic acids is 1. The molecule has 0 unspecified atom stereocenters.